The van der Waals surface area contributed by atoms with Crippen molar-refractivity contribution in [2.24, 2.45) is 5.92 Å². The number of carbonyl (C=O) groups excluding carboxylic acids is 1. The van der Waals surface area contributed by atoms with Crippen LogP contribution in [0.1, 0.15) is 19.4 Å². The highest BCUT2D eigenvalue weighted by Gasteiger charge is 2.54. The Bertz CT molecular complexity index is 528. The Balaban J connectivity index is 2.72. The number of amides is 1. The van der Waals surface area contributed by atoms with Crippen molar-refractivity contribution in [1.82, 2.24) is 4.90 Å². The van der Waals surface area contributed by atoms with Crippen LogP contribution in [0.5, 0.6) is 5.75 Å². The number of carbonyl (C=O) groups is 2. The summed E-state index contributed by atoms with van der Waals surface area (Å²) in [5.41, 5.74) is -0.848. The fraction of sp³-hybridized carbons (Fsp3) is 0.429. The average molecular weight is 263 g/mol. The van der Waals surface area contributed by atoms with Gasteiger partial charge in [-0.05, 0) is 6.07 Å². The van der Waals surface area contributed by atoms with Crippen molar-refractivity contribution >= 4 is 11.9 Å². The second kappa shape index (κ2) is 4.57. The molecule has 5 heteroatoms. The lowest BCUT2D eigenvalue weighted by atomic mass is 9.75. The van der Waals surface area contributed by atoms with E-state index in [9.17, 15) is 14.7 Å². The molecule has 0 aromatic heterocycles. The van der Waals surface area contributed by atoms with Gasteiger partial charge in [-0.25, -0.2) is 4.79 Å². The van der Waals surface area contributed by atoms with Gasteiger partial charge in [0.1, 0.15) is 5.75 Å². The van der Waals surface area contributed by atoms with E-state index in [4.69, 9.17) is 4.74 Å². The van der Waals surface area contributed by atoms with E-state index >= 15 is 0 Å². The molecule has 0 radical (unpaired) electrons. The number of ether oxygens (including phenoxy) is 1. The molecule has 1 amide bonds. The summed E-state index contributed by atoms with van der Waals surface area (Å²) in [6, 6.07) is 6.98. The Morgan fingerprint density at radius 1 is 1.42 bits per heavy atom. The number of hydrogen-bond donors (Lipinski definition) is 1. The van der Waals surface area contributed by atoms with E-state index in [1.165, 1.54) is 18.9 Å². The summed E-state index contributed by atoms with van der Waals surface area (Å²) in [4.78, 5) is 25.0. The number of nitrogens with zero attached hydrogens (tertiary/aromatic N) is 1. The SMILES string of the molecule is CC(=O)N(C)C1(C(=O)O)c2ccccc2OCC1C. The molecule has 2 rings (SSSR count). The van der Waals surface area contributed by atoms with E-state index in [-0.39, 0.29) is 18.4 Å². The van der Waals surface area contributed by atoms with Gasteiger partial charge in [-0.2, -0.15) is 0 Å². The molecule has 0 saturated carbocycles. The Morgan fingerprint density at radius 3 is 2.63 bits per heavy atom. The molecule has 102 valence electrons. The summed E-state index contributed by atoms with van der Waals surface area (Å²) >= 11 is 0. The second-order valence-corrected chi connectivity index (χ2v) is 4.86. The van der Waals surface area contributed by atoms with Crippen LogP contribution in [0.4, 0.5) is 0 Å². The molecule has 1 N–H and O–H groups in total. The molecule has 0 spiro atoms. The van der Waals surface area contributed by atoms with Crippen molar-refractivity contribution in [3.05, 3.63) is 29.8 Å². The van der Waals surface area contributed by atoms with Crippen molar-refractivity contribution in [2.75, 3.05) is 13.7 Å². The highest BCUT2D eigenvalue weighted by Crippen LogP contribution is 2.44. The minimum absolute atomic E-state index is 0.265. The van der Waals surface area contributed by atoms with E-state index in [1.54, 1.807) is 31.2 Å². The van der Waals surface area contributed by atoms with Crippen molar-refractivity contribution in [1.29, 1.82) is 0 Å². The standard InChI is InChI=1S/C14H17NO4/c1-9-8-19-12-7-5-4-6-11(12)14(9,13(17)18)15(3)10(2)16/h4-7,9H,8H2,1-3H3,(H,17,18). The number of fused-ring (bicyclic) bond motifs is 1. The Labute approximate surface area is 111 Å². The number of benzene rings is 1. The van der Waals surface area contributed by atoms with Crippen LogP contribution in [0, 0.1) is 5.92 Å². The van der Waals surface area contributed by atoms with Gasteiger partial charge in [-0.1, -0.05) is 25.1 Å². The lowest BCUT2D eigenvalue weighted by Gasteiger charge is -2.45. The molecule has 2 unspecified atom stereocenters. The van der Waals surface area contributed by atoms with Gasteiger partial charge >= 0.3 is 5.97 Å². The maximum atomic E-state index is 11.9. The number of likely N-dealkylation sites (N-methyl/N-ethyl adjacent to an activating group) is 1. The fourth-order valence-electron chi connectivity index (χ4n) is 2.74. The Morgan fingerprint density at radius 2 is 2.05 bits per heavy atom. The number of carboxylic acids is 1. The van der Waals surface area contributed by atoms with Crippen molar-refractivity contribution in [3.8, 4) is 5.75 Å². The van der Waals surface area contributed by atoms with Crippen LogP contribution >= 0.6 is 0 Å². The predicted octanol–water partition coefficient (Wildman–Crippen LogP) is 1.47. The Hall–Kier alpha value is -2.04. The van der Waals surface area contributed by atoms with Crippen LogP contribution in [0.2, 0.25) is 0 Å². The molecule has 1 aromatic carbocycles. The number of carboxylic acid groups (broad SMARTS) is 1. The van der Waals surface area contributed by atoms with Gasteiger partial charge < -0.3 is 14.7 Å². The predicted molar refractivity (Wildman–Crippen MR) is 68.9 cm³/mol. The van der Waals surface area contributed by atoms with Crippen molar-refractivity contribution in [3.63, 3.8) is 0 Å². The van der Waals surface area contributed by atoms with Gasteiger partial charge in [0, 0.05) is 25.5 Å². The summed E-state index contributed by atoms with van der Waals surface area (Å²) in [6.45, 7) is 3.42. The summed E-state index contributed by atoms with van der Waals surface area (Å²) < 4.78 is 5.57. The zero-order chi connectivity index (χ0) is 14.2. The minimum atomic E-state index is -1.37. The maximum Gasteiger partial charge on any atom is 0.334 e. The van der Waals surface area contributed by atoms with Crippen molar-refractivity contribution in [2.45, 2.75) is 19.4 Å². The first-order chi connectivity index (χ1) is 8.92. The molecular weight excluding hydrogens is 246 g/mol. The highest BCUT2D eigenvalue weighted by molar-refractivity contribution is 5.88. The molecule has 1 aromatic rings. The van der Waals surface area contributed by atoms with Crippen molar-refractivity contribution < 1.29 is 19.4 Å². The van der Waals surface area contributed by atoms with E-state index in [2.05, 4.69) is 0 Å². The molecular formula is C14H17NO4. The van der Waals surface area contributed by atoms with E-state index < -0.39 is 11.5 Å². The van der Waals surface area contributed by atoms with Gasteiger partial charge in [0.05, 0.1) is 6.61 Å². The number of aliphatic carboxylic acids is 1. The molecule has 1 heterocycles. The monoisotopic (exact) mass is 263 g/mol. The summed E-state index contributed by atoms with van der Waals surface area (Å²) in [6.07, 6.45) is 0. The summed E-state index contributed by atoms with van der Waals surface area (Å²) in [5, 5.41) is 9.78. The third-order valence-electron chi connectivity index (χ3n) is 3.83. The molecule has 0 saturated heterocycles. The molecule has 0 aliphatic carbocycles. The van der Waals surface area contributed by atoms with Gasteiger partial charge in [-0.15, -0.1) is 0 Å². The number of hydrogen-bond acceptors (Lipinski definition) is 3. The average Bonchev–Trinajstić information content (AvgIpc) is 2.37. The topological polar surface area (TPSA) is 66.8 Å². The molecule has 0 bridgehead atoms. The third-order valence-corrected chi connectivity index (χ3v) is 3.83. The number of para-hydroxylation sites is 1. The quantitative estimate of drug-likeness (QED) is 0.877. The molecule has 19 heavy (non-hydrogen) atoms. The first kappa shape index (κ1) is 13.4. The Kier molecular flexibility index (Phi) is 3.22. The van der Waals surface area contributed by atoms with Crippen LogP contribution in [0.3, 0.4) is 0 Å². The number of rotatable bonds is 2. The smallest absolute Gasteiger partial charge is 0.334 e. The van der Waals surface area contributed by atoms with E-state index in [0.29, 0.717) is 11.3 Å². The third kappa shape index (κ3) is 1.77. The molecule has 0 fully saturated rings. The van der Waals surface area contributed by atoms with Crippen LogP contribution in [0.15, 0.2) is 24.3 Å². The first-order valence-corrected chi connectivity index (χ1v) is 6.12. The normalized spacial score (nSPS) is 25.1. The highest BCUT2D eigenvalue weighted by atomic mass is 16.5. The maximum absolute atomic E-state index is 11.9. The van der Waals surface area contributed by atoms with Gasteiger partial charge in [0.15, 0.2) is 5.54 Å². The molecule has 5 nitrogen and oxygen atoms in total. The minimum Gasteiger partial charge on any atom is -0.493 e. The van der Waals surface area contributed by atoms with Gasteiger partial charge in [0.2, 0.25) is 5.91 Å². The lowest BCUT2D eigenvalue weighted by Crippen LogP contribution is -2.59. The molecule has 2 atom stereocenters. The van der Waals surface area contributed by atoms with Gasteiger partial charge in [-0.3, -0.25) is 4.79 Å². The van der Waals surface area contributed by atoms with Gasteiger partial charge in [0.25, 0.3) is 0 Å². The summed E-state index contributed by atoms with van der Waals surface area (Å²) in [5.74, 6) is -1.13. The van der Waals surface area contributed by atoms with Crippen LogP contribution in [0.25, 0.3) is 0 Å². The first-order valence-electron chi connectivity index (χ1n) is 6.12. The van der Waals surface area contributed by atoms with E-state index in [1.807, 2.05) is 0 Å². The second-order valence-electron chi connectivity index (χ2n) is 4.86. The largest absolute Gasteiger partial charge is 0.493 e. The molecule has 1 aliphatic rings. The van der Waals surface area contributed by atoms with E-state index in [0.717, 1.165) is 0 Å². The van der Waals surface area contributed by atoms with Crippen LogP contribution in [-0.2, 0) is 15.1 Å². The zero-order valence-corrected chi connectivity index (χ0v) is 11.2. The fourth-order valence-corrected chi connectivity index (χ4v) is 2.74. The zero-order valence-electron chi connectivity index (χ0n) is 11.2. The van der Waals surface area contributed by atoms with Crippen LogP contribution < -0.4 is 4.74 Å². The van der Waals surface area contributed by atoms with Crippen LogP contribution in [-0.4, -0.2) is 35.5 Å². The summed E-state index contributed by atoms with van der Waals surface area (Å²) in [7, 11) is 1.52. The lowest BCUT2D eigenvalue weighted by molar-refractivity contribution is -0.164. The molecule has 1 aliphatic heterocycles.